The molecule has 6 heteroatoms. The van der Waals surface area contributed by atoms with Gasteiger partial charge in [0.25, 0.3) is 0 Å². The van der Waals surface area contributed by atoms with Crippen LogP contribution >= 0.6 is 27.3 Å². The standard InChI is InChI=1S/C15H15BrF3NS/c1-3-20-14(13-7-4-9(2)21-13)10-5-6-12(16)11(8-10)15(17,18)19/h4-8,14,20H,3H2,1-2H3. The molecule has 0 radical (unpaired) electrons. The lowest BCUT2D eigenvalue weighted by Gasteiger charge is -2.19. The SMILES string of the molecule is CCNC(c1ccc(Br)c(C(F)(F)F)c1)c1ccc(C)s1. The summed E-state index contributed by atoms with van der Waals surface area (Å²) in [6.07, 6.45) is -4.36. The number of thiophene rings is 1. The van der Waals surface area contributed by atoms with Gasteiger partial charge >= 0.3 is 6.18 Å². The van der Waals surface area contributed by atoms with Gasteiger partial charge in [0.1, 0.15) is 0 Å². The Kier molecular flexibility index (Phi) is 5.11. The molecule has 0 amide bonds. The highest BCUT2D eigenvalue weighted by molar-refractivity contribution is 9.10. The summed E-state index contributed by atoms with van der Waals surface area (Å²) in [7, 11) is 0. The van der Waals surface area contributed by atoms with Crippen LogP contribution in [0, 0.1) is 6.92 Å². The number of nitrogens with one attached hydrogen (secondary N) is 1. The molecule has 1 heterocycles. The number of rotatable bonds is 4. The molecule has 1 N–H and O–H groups in total. The van der Waals surface area contributed by atoms with Crippen molar-refractivity contribution >= 4 is 27.3 Å². The quantitative estimate of drug-likeness (QED) is 0.737. The van der Waals surface area contributed by atoms with Gasteiger partial charge in [0.05, 0.1) is 11.6 Å². The molecule has 0 saturated heterocycles. The molecular formula is C15H15BrF3NS. The predicted octanol–water partition coefficient (Wildman–Crippen LogP) is 5.54. The van der Waals surface area contributed by atoms with Gasteiger partial charge < -0.3 is 5.32 Å². The summed E-state index contributed by atoms with van der Waals surface area (Å²) >= 11 is 4.57. The second-order valence-electron chi connectivity index (χ2n) is 4.68. The molecule has 1 aromatic carbocycles. The van der Waals surface area contributed by atoms with Gasteiger partial charge in [-0.25, -0.2) is 0 Å². The number of alkyl halides is 3. The van der Waals surface area contributed by atoms with Crippen LogP contribution in [0.4, 0.5) is 13.2 Å². The van der Waals surface area contributed by atoms with Crippen molar-refractivity contribution in [2.24, 2.45) is 0 Å². The maximum atomic E-state index is 13.0. The number of hydrogen-bond acceptors (Lipinski definition) is 2. The van der Waals surface area contributed by atoms with Crippen LogP contribution in [-0.2, 0) is 6.18 Å². The molecule has 1 aromatic heterocycles. The van der Waals surface area contributed by atoms with Gasteiger partial charge in [0.15, 0.2) is 0 Å². The molecule has 21 heavy (non-hydrogen) atoms. The molecule has 0 spiro atoms. The predicted molar refractivity (Wildman–Crippen MR) is 83.7 cm³/mol. The van der Waals surface area contributed by atoms with E-state index in [1.807, 2.05) is 26.0 Å². The van der Waals surface area contributed by atoms with Crippen molar-refractivity contribution in [1.29, 1.82) is 0 Å². The van der Waals surface area contributed by atoms with Crippen molar-refractivity contribution in [2.45, 2.75) is 26.1 Å². The third kappa shape index (κ3) is 3.87. The minimum absolute atomic E-state index is 0.0661. The monoisotopic (exact) mass is 377 g/mol. The average molecular weight is 378 g/mol. The van der Waals surface area contributed by atoms with E-state index in [1.165, 1.54) is 12.1 Å². The molecule has 0 bridgehead atoms. The Bertz CT molecular complexity index is 622. The van der Waals surface area contributed by atoms with Crippen molar-refractivity contribution in [2.75, 3.05) is 6.54 Å². The molecule has 1 atom stereocenters. The summed E-state index contributed by atoms with van der Waals surface area (Å²) in [5, 5.41) is 3.25. The van der Waals surface area contributed by atoms with Crippen LogP contribution < -0.4 is 5.32 Å². The van der Waals surface area contributed by atoms with Crippen LogP contribution in [0.15, 0.2) is 34.8 Å². The lowest BCUT2D eigenvalue weighted by atomic mass is 10.0. The summed E-state index contributed by atoms with van der Waals surface area (Å²) in [6, 6.07) is 8.12. The molecule has 2 rings (SSSR count). The first-order valence-corrected chi connectivity index (χ1v) is 8.10. The smallest absolute Gasteiger partial charge is 0.306 e. The molecule has 2 aromatic rings. The number of aryl methyl sites for hydroxylation is 1. The summed E-state index contributed by atoms with van der Waals surface area (Å²) < 4.78 is 39.2. The van der Waals surface area contributed by atoms with Gasteiger partial charge in [0.2, 0.25) is 0 Å². The molecule has 0 aliphatic carbocycles. The number of halogens is 4. The average Bonchev–Trinajstić information content (AvgIpc) is 2.82. The molecular weight excluding hydrogens is 363 g/mol. The van der Waals surface area contributed by atoms with E-state index in [1.54, 1.807) is 17.4 Å². The lowest BCUT2D eigenvalue weighted by Crippen LogP contribution is -2.21. The summed E-state index contributed by atoms with van der Waals surface area (Å²) in [5.41, 5.74) is -0.0228. The Morgan fingerprint density at radius 1 is 1.24 bits per heavy atom. The van der Waals surface area contributed by atoms with Crippen LogP contribution in [-0.4, -0.2) is 6.54 Å². The zero-order valence-corrected chi connectivity index (χ0v) is 14.0. The Morgan fingerprint density at radius 3 is 2.48 bits per heavy atom. The summed E-state index contributed by atoms with van der Waals surface area (Å²) in [5.74, 6) is 0. The molecule has 0 aliphatic heterocycles. The molecule has 0 fully saturated rings. The van der Waals surface area contributed by atoms with E-state index in [9.17, 15) is 13.2 Å². The van der Waals surface area contributed by atoms with Crippen LogP contribution in [0.1, 0.15) is 33.8 Å². The second-order valence-corrected chi connectivity index (χ2v) is 6.85. The highest BCUT2D eigenvalue weighted by Gasteiger charge is 2.33. The van der Waals surface area contributed by atoms with Crippen LogP contribution in [0.25, 0.3) is 0 Å². The Morgan fingerprint density at radius 2 is 1.95 bits per heavy atom. The van der Waals surface area contributed by atoms with Gasteiger partial charge in [-0.2, -0.15) is 13.2 Å². The van der Waals surface area contributed by atoms with Crippen molar-refractivity contribution in [3.63, 3.8) is 0 Å². The zero-order valence-electron chi connectivity index (χ0n) is 11.6. The largest absolute Gasteiger partial charge is 0.417 e. The van der Waals surface area contributed by atoms with E-state index in [2.05, 4.69) is 21.2 Å². The summed E-state index contributed by atoms with van der Waals surface area (Å²) in [4.78, 5) is 2.16. The third-order valence-electron chi connectivity index (χ3n) is 3.08. The minimum Gasteiger partial charge on any atom is -0.306 e. The van der Waals surface area contributed by atoms with Crippen molar-refractivity contribution in [1.82, 2.24) is 5.32 Å². The van der Waals surface area contributed by atoms with Crippen molar-refractivity contribution in [3.05, 3.63) is 55.7 Å². The first-order chi connectivity index (χ1) is 9.82. The van der Waals surface area contributed by atoms with Crippen LogP contribution in [0.2, 0.25) is 0 Å². The van der Waals surface area contributed by atoms with E-state index in [0.717, 1.165) is 9.75 Å². The summed E-state index contributed by atoms with van der Waals surface area (Å²) in [6.45, 7) is 4.61. The highest BCUT2D eigenvalue weighted by atomic mass is 79.9. The van der Waals surface area contributed by atoms with Crippen LogP contribution in [0.3, 0.4) is 0 Å². The fraction of sp³-hybridized carbons (Fsp3) is 0.333. The Balaban J connectivity index is 2.46. The zero-order chi connectivity index (χ0) is 15.6. The van der Waals surface area contributed by atoms with Crippen LogP contribution in [0.5, 0.6) is 0 Å². The third-order valence-corrected chi connectivity index (χ3v) is 4.84. The molecule has 114 valence electrons. The van der Waals surface area contributed by atoms with E-state index < -0.39 is 11.7 Å². The lowest BCUT2D eigenvalue weighted by molar-refractivity contribution is -0.138. The maximum absolute atomic E-state index is 13.0. The molecule has 1 nitrogen and oxygen atoms in total. The maximum Gasteiger partial charge on any atom is 0.417 e. The number of hydrogen-bond donors (Lipinski definition) is 1. The molecule has 1 unspecified atom stereocenters. The van der Waals surface area contributed by atoms with E-state index >= 15 is 0 Å². The Labute approximate surface area is 134 Å². The van der Waals surface area contributed by atoms with Gasteiger partial charge in [-0.05, 0) is 43.3 Å². The van der Waals surface area contributed by atoms with Crippen molar-refractivity contribution in [3.8, 4) is 0 Å². The van der Waals surface area contributed by atoms with E-state index in [-0.39, 0.29) is 10.5 Å². The van der Waals surface area contributed by atoms with E-state index in [4.69, 9.17) is 0 Å². The highest BCUT2D eigenvalue weighted by Crippen LogP contribution is 2.38. The van der Waals surface area contributed by atoms with Gasteiger partial charge in [-0.1, -0.05) is 28.9 Å². The van der Waals surface area contributed by atoms with Crippen molar-refractivity contribution < 1.29 is 13.2 Å². The first kappa shape index (κ1) is 16.5. The fourth-order valence-corrected chi connectivity index (χ4v) is 3.59. The van der Waals surface area contributed by atoms with Gasteiger partial charge in [0, 0.05) is 14.2 Å². The fourth-order valence-electron chi connectivity index (χ4n) is 2.14. The Hall–Kier alpha value is -0.850. The normalized spacial score (nSPS) is 13.4. The van der Waals surface area contributed by atoms with Gasteiger partial charge in [-0.15, -0.1) is 11.3 Å². The molecule has 0 saturated carbocycles. The van der Waals surface area contributed by atoms with E-state index in [0.29, 0.717) is 12.1 Å². The first-order valence-electron chi connectivity index (χ1n) is 6.49. The number of benzene rings is 1. The topological polar surface area (TPSA) is 12.0 Å². The molecule has 0 aliphatic rings. The second kappa shape index (κ2) is 6.50. The van der Waals surface area contributed by atoms with Gasteiger partial charge in [-0.3, -0.25) is 0 Å². The minimum atomic E-state index is -4.36.